The molecule has 0 spiro atoms. The van der Waals surface area contributed by atoms with Crippen LogP contribution in [0.1, 0.15) is 48.0 Å². The van der Waals surface area contributed by atoms with Crippen LogP contribution in [0.25, 0.3) is 0 Å². The first-order valence-electron chi connectivity index (χ1n) is 7.46. The summed E-state index contributed by atoms with van der Waals surface area (Å²) in [6.07, 6.45) is 2.13. The normalized spacial score (nSPS) is 11.8. The number of nitrogens with one attached hydrogen (secondary N) is 1. The SMILES string of the molecule is CCCC(C)c1nnc(NC(=O)c2c(OC)cccc2OC)s1. The van der Waals surface area contributed by atoms with Crippen LogP contribution in [0.3, 0.4) is 0 Å². The highest BCUT2D eigenvalue weighted by atomic mass is 32.1. The van der Waals surface area contributed by atoms with Gasteiger partial charge in [0.2, 0.25) is 5.13 Å². The number of benzene rings is 1. The summed E-state index contributed by atoms with van der Waals surface area (Å²) < 4.78 is 10.5. The molecule has 1 atom stereocenters. The lowest BCUT2D eigenvalue weighted by Crippen LogP contribution is -2.14. The van der Waals surface area contributed by atoms with E-state index in [9.17, 15) is 4.79 Å². The number of methoxy groups -OCH3 is 2. The molecule has 6 nitrogen and oxygen atoms in total. The number of amides is 1. The number of hydrogen-bond acceptors (Lipinski definition) is 6. The van der Waals surface area contributed by atoms with Crippen LogP contribution < -0.4 is 14.8 Å². The molecule has 0 bridgehead atoms. The van der Waals surface area contributed by atoms with Gasteiger partial charge in [-0.05, 0) is 18.6 Å². The third-order valence-corrected chi connectivity index (χ3v) is 4.53. The van der Waals surface area contributed by atoms with Gasteiger partial charge in [-0.2, -0.15) is 0 Å². The number of anilines is 1. The Hall–Kier alpha value is -2.15. The molecule has 1 N–H and O–H groups in total. The first-order chi connectivity index (χ1) is 11.1. The quantitative estimate of drug-likeness (QED) is 0.835. The minimum Gasteiger partial charge on any atom is -0.496 e. The second-order valence-electron chi connectivity index (χ2n) is 5.13. The molecule has 2 aromatic rings. The number of hydrogen-bond donors (Lipinski definition) is 1. The van der Waals surface area contributed by atoms with Gasteiger partial charge in [0.15, 0.2) is 0 Å². The molecule has 0 aliphatic rings. The molecule has 2 rings (SSSR count). The number of rotatable bonds is 7. The van der Waals surface area contributed by atoms with Gasteiger partial charge in [-0.3, -0.25) is 10.1 Å². The van der Waals surface area contributed by atoms with Crippen LogP contribution in [0.15, 0.2) is 18.2 Å². The molecular weight excluding hydrogens is 314 g/mol. The molecule has 23 heavy (non-hydrogen) atoms. The number of nitrogens with zero attached hydrogens (tertiary/aromatic N) is 2. The van der Waals surface area contributed by atoms with Crippen molar-refractivity contribution in [3.05, 3.63) is 28.8 Å². The Kier molecular flexibility index (Phi) is 5.92. The predicted octanol–water partition coefficient (Wildman–Crippen LogP) is 3.71. The highest BCUT2D eigenvalue weighted by Crippen LogP contribution is 2.30. The zero-order chi connectivity index (χ0) is 16.8. The summed E-state index contributed by atoms with van der Waals surface area (Å²) in [7, 11) is 3.03. The average Bonchev–Trinajstić information content (AvgIpc) is 3.02. The summed E-state index contributed by atoms with van der Waals surface area (Å²) >= 11 is 1.40. The van der Waals surface area contributed by atoms with Crippen molar-refractivity contribution in [2.75, 3.05) is 19.5 Å². The van der Waals surface area contributed by atoms with Crippen LogP contribution in [0.4, 0.5) is 5.13 Å². The monoisotopic (exact) mass is 335 g/mol. The van der Waals surface area contributed by atoms with Gasteiger partial charge in [0.05, 0.1) is 14.2 Å². The van der Waals surface area contributed by atoms with Crippen LogP contribution in [0.5, 0.6) is 11.5 Å². The fraction of sp³-hybridized carbons (Fsp3) is 0.438. The third kappa shape index (κ3) is 3.98. The summed E-state index contributed by atoms with van der Waals surface area (Å²) in [4.78, 5) is 12.5. The average molecular weight is 335 g/mol. The van der Waals surface area contributed by atoms with Gasteiger partial charge in [-0.15, -0.1) is 10.2 Å². The molecule has 0 fully saturated rings. The van der Waals surface area contributed by atoms with E-state index in [1.807, 2.05) is 0 Å². The van der Waals surface area contributed by atoms with E-state index >= 15 is 0 Å². The van der Waals surface area contributed by atoms with Gasteiger partial charge in [0.25, 0.3) is 5.91 Å². The number of aromatic nitrogens is 2. The van der Waals surface area contributed by atoms with Crippen LogP contribution >= 0.6 is 11.3 Å². The minimum atomic E-state index is -0.329. The highest BCUT2D eigenvalue weighted by Gasteiger charge is 2.20. The largest absolute Gasteiger partial charge is 0.496 e. The maximum absolute atomic E-state index is 12.5. The Morgan fingerprint density at radius 2 is 1.91 bits per heavy atom. The Balaban J connectivity index is 2.20. The first kappa shape index (κ1) is 17.2. The summed E-state index contributed by atoms with van der Waals surface area (Å²) in [6.45, 7) is 4.24. The highest BCUT2D eigenvalue weighted by molar-refractivity contribution is 7.15. The number of carbonyl (C=O) groups is 1. The van der Waals surface area contributed by atoms with Gasteiger partial charge < -0.3 is 9.47 Å². The van der Waals surface area contributed by atoms with Crippen molar-refractivity contribution in [1.82, 2.24) is 10.2 Å². The predicted molar refractivity (Wildman–Crippen MR) is 90.7 cm³/mol. The molecule has 124 valence electrons. The summed E-state index contributed by atoms with van der Waals surface area (Å²) in [5.74, 6) is 0.908. The number of ether oxygens (including phenoxy) is 2. The molecule has 0 radical (unpaired) electrons. The van der Waals surface area contributed by atoms with E-state index in [-0.39, 0.29) is 5.91 Å². The first-order valence-corrected chi connectivity index (χ1v) is 8.28. The molecule has 1 amide bonds. The Morgan fingerprint density at radius 1 is 1.26 bits per heavy atom. The van der Waals surface area contributed by atoms with Gasteiger partial charge in [-0.1, -0.05) is 37.7 Å². The third-order valence-electron chi connectivity index (χ3n) is 3.46. The van der Waals surface area contributed by atoms with Crippen molar-refractivity contribution >= 4 is 22.4 Å². The van der Waals surface area contributed by atoms with Crippen molar-refractivity contribution in [3.8, 4) is 11.5 Å². The lowest BCUT2D eigenvalue weighted by molar-refractivity contribution is 0.102. The minimum absolute atomic E-state index is 0.329. The van der Waals surface area contributed by atoms with Gasteiger partial charge >= 0.3 is 0 Å². The smallest absolute Gasteiger partial charge is 0.265 e. The van der Waals surface area contributed by atoms with E-state index in [1.165, 1.54) is 25.6 Å². The fourth-order valence-electron chi connectivity index (χ4n) is 2.28. The van der Waals surface area contributed by atoms with Crippen LogP contribution in [0.2, 0.25) is 0 Å². The summed E-state index contributed by atoms with van der Waals surface area (Å²) in [5, 5.41) is 12.4. The Labute approximate surface area is 139 Å². The molecule has 0 saturated carbocycles. The Morgan fingerprint density at radius 3 is 2.48 bits per heavy atom. The Bertz CT molecular complexity index is 650. The van der Waals surface area contributed by atoms with Crippen LogP contribution in [-0.4, -0.2) is 30.3 Å². The molecule has 1 aromatic carbocycles. The van der Waals surface area contributed by atoms with Crippen LogP contribution in [-0.2, 0) is 0 Å². The molecule has 0 aliphatic heterocycles. The summed E-state index contributed by atoms with van der Waals surface area (Å²) in [6, 6.07) is 5.20. The fourth-order valence-corrected chi connectivity index (χ4v) is 3.10. The second-order valence-corrected chi connectivity index (χ2v) is 6.14. The standard InChI is InChI=1S/C16H21N3O3S/c1-5-7-10(2)15-18-19-16(23-15)17-14(20)13-11(21-3)8-6-9-12(13)22-4/h6,8-10H,5,7H2,1-4H3,(H,17,19,20). The lowest BCUT2D eigenvalue weighted by atomic mass is 10.1. The maximum Gasteiger partial charge on any atom is 0.265 e. The molecular formula is C16H21N3O3S. The second kappa shape index (κ2) is 7.92. The lowest BCUT2D eigenvalue weighted by Gasteiger charge is -2.11. The number of carbonyl (C=O) groups excluding carboxylic acids is 1. The molecule has 7 heteroatoms. The molecule has 1 heterocycles. The zero-order valence-corrected chi connectivity index (χ0v) is 14.6. The van der Waals surface area contributed by atoms with E-state index < -0.39 is 0 Å². The van der Waals surface area contributed by atoms with Gasteiger partial charge in [-0.25, -0.2) is 0 Å². The topological polar surface area (TPSA) is 73.3 Å². The zero-order valence-electron chi connectivity index (χ0n) is 13.8. The van der Waals surface area contributed by atoms with Gasteiger partial charge in [0.1, 0.15) is 22.1 Å². The van der Waals surface area contributed by atoms with Crippen molar-refractivity contribution in [1.29, 1.82) is 0 Å². The van der Waals surface area contributed by atoms with Crippen LogP contribution in [0, 0.1) is 0 Å². The molecule has 0 saturated heterocycles. The van der Waals surface area contributed by atoms with E-state index in [0.717, 1.165) is 17.8 Å². The molecule has 1 unspecified atom stereocenters. The molecule has 1 aromatic heterocycles. The van der Waals surface area contributed by atoms with E-state index in [4.69, 9.17) is 9.47 Å². The van der Waals surface area contributed by atoms with E-state index in [0.29, 0.717) is 28.1 Å². The van der Waals surface area contributed by atoms with Crippen molar-refractivity contribution in [3.63, 3.8) is 0 Å². The van der Waals surface area contributed by atoms with Crippen molar-refractivity contribution in [2.45, 2.75) is 32.6 Å². The van der Waals surface area contributed by atoms with Crippen molar-refractivity contribution < 1.29 is 14.3 Å². The van der Waals surface area contributed by atoms with Crippen molar-refractivity contribution in [2.24, 2.45) is 0 Å². The van der Waals surface area contributed by atoms with E-state index in [2.05, 4.69) is 29.4 Å². The molecule has 0 aliphatic carbocycles. The van der Waals surface area contributed by atoms with Gasteiger partial charge in [0, 0.05) is 5.92 Å². The van der Waals surface area contributed by atoms with E-state index in [1.54, 1.807) is 18.2 Å². The summed E-state index contributed by atoms with van der Waals surface area (Å²) in [5.41, 5.74) is 0.343. The maximum atomic E-state index is 12.5.